The van der Waals surface area contributed by atoms with Crippen molar-refractivity contribution in [2.45, 2.75) is 19.6 Å². The Balaban J connectivity index is 1.46. The van der Waals surface area contributed by atoms with E-state index in [0.717, 1.165) is 0 Å². The Kier molecular flexibility index (Phi) is 7.38. The van der Waals surface area contributed by atoms with Gasteiger partial charge in [-0.1, -0.05) is 23.7 Å². The minimum Gasteiger partial charge on any atom is -0.497 e. The third kappa shape index (κ3) is 5.23. The molecule has 3 aromatic carbocycles. The van der Waals surface area contributed by atoms with Gasteiger partial charge in [0.05, 0.1) is 24.8 Å². The van der Waals surface area contributed by atoms with Crippen molar-refractivity contribution >= 4 is 29.1 Å². The molecule has 0 spiro atoms. The zero-order valence-electron chi connectivity index (χ0n) is 21.4. The van der Waals surface area contributed by atoms with Gasteiger partial charge in [-0.2, -0.15) is 10.1 Å². The first-order valence-corrected chi connectivity index (χ1v) is 12.3. The number of anilines is 2. The maximum Gasteiger partial charge on any atom is 0.255 e. The van der Waals surface area contributed by atoms with Gasteiger partial charge in [-0.15, -0.1) is 0 Å². The summed E-state index contributed by atoms with van der Waals surface area (Å²) >= 11 is 6.14. The number of carbonyl (C=O) groups is 1. The average molecular weight is 550 g/mol. The molecule has 0 radical (unpaired) electrons. The Morgan fingerprint density at radius 1 is 1.10 bits per heavy atom. The van der Waals surface area contributed by atoms with Crippen molar-refractivity contribution in [3.8, 4) is 17.2 Å². The number of rotatable bonds is 8. The third-order valence-electron chi connectivity index (χ3n) is 6.32. The van der Waals surface area contributed by atoms with Crippen LogP contribution in [-0.2, 0) is 11.4 Å². The van der Waals surface area contributed by atoms with E-state index in [-0.39, 0.29) is 23.1 Å². The molecule has 0 unspecified atom stereocenters. The van der Waals surface area contributed by atoms with E-state index in [1.54, 1.807) is 67.2 Å². The van der Waals surface area contributed by atoms with Crippen molar-refractivity contribution in [2.24, 2.45) is 0 Å². The van der Waals surface area contributed by atoms with Crippen LogP contribution in [0.15, 0.2) is 78.3 Å². The van der Waals surface area contributed by atoms with E-state index in [2.05, 4.69) is 20.7 Å². The molecule has 0 bridgehead atoms. The molecule has 1 aliphatic rings. The number of nitrogens with one attached hydrogen (secondary N) is 2. The Hall–Kier alpha value is -4.57. The number of allylic oxidation sites excluding steroid dienone is 1. The number of benzene rings is 3. The SMILES string of the molecule is COc1ccc(NC(=O)C2=C(C)Nc3ncnn3[C@@H]2c2ccc(OCc3c(F)cccc3Cl)c(OC)c2)cc1. The minimum absolute atomic E-state index is 0.0870. The molecule has 2 N–H and O–H groups in total. The highest BCUT2D eigenvalue weighted by Crippen LogP contribution is 2.39. The van der Waals surface area contributed by atoms with Crippen molar-refractivity contribution in [3.63, 3.8) is 0 Å². The number of nitrogens with zero attached hydrogens (tertiary/aromatic N) is 3. The van der Waals surface area contributed by atoms with Crippen LogP contribution in [0.25, 0.3) is 0 Å². The molecule has 1 atom stereocenters. The van der Waals surface area contributed by atoms with Gasteiger partial charge in [-0.05, 0) is 61.0 Å². The predicted octanol–water partition coefficient (Wildman–Crippen LogP) is 5.59. The second-order valence-corrected chi connectivity index (χ2v) is 9.08. The van der Waals surface area contributed by atoms with E-state index in [1.165, 1.54) is 25.6 Å². The van der Waals surface area contributed by atoms with Crippen LogP contribution in [0.4, 0.5) is 16.0 Å². The van der Waals surface area contributed by atoms with Gasteiger partial charge in [-0.25, -0.2) is 9.07 Å². The summed E-state index contributed by atoms with van der Waals surface area (Å²) in [6.45, 7) is 1.72. The molecular formula is C28H25ClFN5O4. The molecule has 0 aliphatic carbocycles. The van der Waals surface area contributed by atoms with Crippen LogP contribution in [0.5, 0.6) is 17.2 Å². The Bertz CT molecular complexity index is 1530. The summed E-state index contributed by atoms with van der Waals surface area (Å²) in [7, 11) is 3.08. The second kappa shape index (κ2) is 11.0. The predicted molar refractivity (Wildman–Crippen MR) is 145 cm³/mol. The molecule has 9 nitrogen and oxygen atoms in total. The molecule has 5 rings (SSSR count). The van der Waals surface area contributed by atoms with Gasteiger partial charge >= 0.3 is 0 Å². The average Bonchev–Trinajstić information content (AvgIpc) is 3.40. The Morgan fingerprint density at radius 3 is 2.62 bits per heavy atom. The van der Waals surface area contributed by atoms with E-state index < -0.39 is 11.9 Å². The summed E-state index contributed by atoms with van der Waals surface area (Å²) in [6, 6.07) is 16.2. The van der Waals surface area contributed by atoms with Gasteiger partial charge in [0.1, 0.15) is 30.5 Å². The maximum absolute atomic E-state index is 14.2. The highest BCUT2D eigenvalue weighted by atomic mass is 35.5. The monoisotopic (exact) mass is 549 g/mol. The Labute approximate surface area is 229 Å². The number of amides is 1. The topological polar surface area (TPSA) is 99.5 Å². The fourth-order valence-electron chi connectivity index (χ4n) is 4.36. The summed E-state index contributed by atoms with van der Waals surface area (Å²) in [5.74, 6) is 1.18. The number of aromatic nitrogens is 3. The lowest BCUT2D eigenvalue weighted by Gasteiger charge is -2.29. The van der Waals surface area contributed by atoms with Crippen LogP contribution in [0.2, 0.25) is 5.02 Å². The first-order valence-electron chi connectivity index (χ1n) is 12.0. The second-order valence-electron chi connectivity index (χ2n) is 8.68. The quantitative estimate of drug-likeness (QED) is 0.295. The van der Waals surface area contributed by atoms with Crippen molar-refractivity contribution in [3.05, 3.63) is 100 Å². The van der Waals surface area contributed by atoms with Crippen LogP contribution in [-0.4, -0.2) is 34.9 Å². The summed E-state index contributed by atoms with van der Waals surface area (Å²) < 4.78 is 32.5. The lowest BCUT2D eigenvalue weighted by atomic mass is 9.94. The van der Waals surface area contributed by atoms with E-state index in [0.29, 0.717) is 45.7 Å². The summed E-state index contributed by atoms with van der Waals surface area (Å²) in [5, 5.41) is 10.7. The van der Waals surface area contributed by atoms with Crippen molar-refractivity contribution < 1.29 is 23.4 Å². The molecule has 1 aromatic heterocycles. The normalized spacial score (nSPS) is 14.3. The molecule has 11 heteroatoms. The lowest BCUT2D eigenvalue weighted by Crippen LogP contribution is -2.31. The zero-order chi connectivity index (χ0) is 27.5. The highest BCUT2D eigenvalue weighted by molar-refractivity contribution is 6.31. The molecule has 2 heterocycles. The molecule has 39 heavy (non-hydrogen) atoms. The zero-order valence-corrected chi connectivity index (χ0v) is 22.1. The number of methoxy groups -OCH3 is 2. The van der Waals surface area contributed by atoms with Crippen molar-refractivity contribution in [1.82, 2.24) is 14.8 Å². The fraction of sp³-hybridized carbons (Fsp3) is 0.179. The number of halogens is 2. The minimum atomic E-state index is -0.619. The molecular weight excluding hydrogens is 525 g/mol. The molecule has 1 aliphatic heterocycles. The van der Waals surface area contributed by atoms with E-state index in [1.807, 2.05) is 0 Å². The number of hydrogen-bond donors (Lipinski definition) is 2. The Morgan fingerprint density at radius 2 is 1.90 bits per heavy atom. The fourth-order valence-corrected chi connectivity index (χ4v) is 4.58. The van der Waals surface area contributed by atoms with Crippen LogP contribution in [0.1, 0.15) is 24.1 Å². The number of hydrogen-bond acceptors (Lipinski definition) is 7. The van der Waals surface area contributed by atoms with Gasteiger partial charge in [0.15, 0.2) is 11.5 Å². The van der Waals surface area contributed by atoms with E-state index in [9.17, 15) is 9.18 Å². The maximum atomic E-state index is 14.2. The van der Waals surface area contributed by atoms with Gasteiger partial charge in [0, 0.05) is 16.9 Å². The number of carbonyl (C=O) groups excluding carboxylic acids is 1. The standard InChI is InChI=1S/C28H25ClFN5O4/c1-16-25(27(36)34-18-8-10-19(37-2)11-9-18)26(35-28(33-16)31-15-32-35)17-7-12-23(24(13-17)38-3)39-14-20-21(29)5-4-6-22(20)30/h4-13,15,26H,14H2,1-3H3,(H,34,36)(H,31,32,33)/t26-/m1/s1. The van der Waals surface area contributed by atoms with E-state index in [4.69, 9.17) is 25.8 Å². The molecule has 0 fully saturated rings. The molecule has 1 amide bonds. The van der Waals surface area contributed by atoms with Crippen LogP contribution >= 0.6 is 11.6 Å². The van der Waals surface area contributed by atoms with Crippen molar-refractivity contribution in [1.29, 1.82) is 0 Å². The van der Waals surface area contributed by atoms with Gasteiger partial charge in [-0.3, -0.25) is 4.79 Å². The van der Waals surface area contributed by atoms with Gasteiger partial charge < -0.3 is 24.8 Å². The molecule has 0 saturated carbocycles. The molecule has 200 valence electrons. The number of fused-ring (bicyclic) bond motifs is 1. The number of ether oxygens (including phenoxy) is 3. The smallest absolute Gasteiger partial charge is 0.255 e. The van der Waals surface area contributed by atoms with Crippen LogP contribution < -0.4 is 24.8 Å². The summed E-state index contributed by atoms with van der Waals surface area (Å²) in [5.41, 5.74) is 2.62. The highest BCUT2D eigenvalue weighted by Gasteiger charge is 2.34. The van der Waals surface area contributed by atoms with Crippen molar-refractivity contribution in [2.75, 3.05) is 24.9 Å². The molecule has 4 aromatic rings. The lowest BCUT2D eigenvalue weighted by molar-refractivity contribution is -0.113. The third-order valence-corrected chi connectivity index (χ3v) is 6.68. The van der Waals surface area contributed by atoms with Crippen LogP contribution in [0.3, 0.4) is 0 Å². The summed E-state index contributed by atoms with van der Waals surface area (Å²) in [6.07, 6.45) is 1.42. The summed E-state index contributed by atoms with van der Waals surface area (Å²) in [4.78, 5) is 17.9. The van der Waals surface area contributed by atoms with E-state index >= 15 is 0 Å². The van der Waals surface area contributed by atoms with Gasteiger partial charge in [0.25, 0.3) is 5.91 Å². The first-order chi connectivity index (χ1) is 18.9. The van der Waals surface area contributed by atoms with Crippen LogP contribution in [0, 0.1) is 5.82 Å². The van der Waals surface area contributed by atoms with Gasteiger partial charge in [0.2, 0.25) is 5.95 Å². The molecule has 0 saturated heterocycles. The largest absolute Gasteiger partial charge is 0.497 e. The first kappa shape index (κ1) is 26.1.